The molecule has 11 heteroatoms. The van der Waals surface area contributed by atoms with Gasteiger partial charge in [0.1, 0.15) is 42.7 Å². The Morgan fingerprint density at radius 2 is 1.55 bits per heavy atom. The fraction of sp³-hybridized carbons (Fsp3) is 0.548. The highest BCUT2D eigenvalue weighted by atomic mass is 16.6. The standard InChI is InChI=1S/C31H45N3O8/c1-24(2)21-38-18-19-39-27-8-10-28(11-9-27)40-22-25(35)20-32-14-15-33-31(37)34-16-12-29(13-17-34)42-30(36)23-41-26-6-4-3-5-7-26/h3-11,24-25,29,32,35H,12-23H2,1-2H3,(H,33,37). The van der Waals surface area contributed by atoms with E-state index in [0.29, 0.717) is 76.2 Å². The summed E-state index contributed by atoms with van der Waals surface area (Å²) in [6, 6.07) is 16.2. The van der Waals surface area contributed by atoms with Gasteiger partial charge in [-0.25, -0.2) is 9.59 Å². The Labute approximate surface area is 248 Å². The number of hydrogen-bond acceptors (Lipinski definition) is 9. The largest absolute Gasteiger partial charge is 0.491 e. The average molecular weight is 588 g/mol. The third kappa shape index (κ3) is 13.4. The molecular formula is C31H45N3O8. The van der Waals surface area contributed by atoms with E-state index in [9.17, 15) is 14.7 Å². The zero-order valence-corrected chi connectivity index (χ0v) is 24.7. The molecule has 0 aromatic heterocycles. The monoisotopic (exact) mass is 587 g/mol. The Kier molecular flexibility index (Phi) is 14.8. The molecule has 2 amide bonds. The molecule has 3 N–H and O–H groups in total. The Bertz CT molecular complexity index is 1030. The Morgan fingerprint density at radius 1 is 0.881 bits per heavy atom. The maximum Gasteiger partial charge on any atom is 0.344 e. The molecule has 0 radical (unpaired) electrons. The number of nitrogens with zero attached hydrogens (tertiary/aromatic N) is 1. The number of likely N-dealkylation sites (tertiary alicyclic amines) is 1. The minimum atomic E-state index is -0.699. The van der Waals surface area contributed by atoms with E-state index in [1.807, 2.05) is 30.3 Å². The van der Waals surface area contributed by atoms with Gasteiger partial charge in [-0.3, -0.25) is 0 Å². The van der Waals surface area contributed by atoms with Crippen molar-refractivity contribution in [2.45, 2.75) is 38.9 Å². The summed E-state index contributed by atoms with van der Waals surface area (Å²) in [4.78, 5) is 26.2. The maximum absolute atomic E-state index is 12.5. The molecule has 2 aromatic rings. The molecule has 0 bridgehead atoms. The quantitative estimate of drug-likeness (QED) is 0.178. The number of amides is 2. The summed E-state index contributed by atoms with van der Waals surface area (Å²) in [5, 5.41) is 16.2. The van der Waals surface area contributed by atoms with Crippen molar-refractivity contribution in [3.8, 4) is 17.2 Å². The summed E-state index contributed by atoms with van der Waals surface area (Å²) >= 11 is 0. The van der Waals surface area contributed by atoms with E-state index < -0.39 is 12.1 Å². The molecule has 2 aromatic carbocycles. The van der Waals surface area contributed by atoms with Crippen LogP contribution in [0.25, 0.3) is 0 Å². The minimum absolute atomic E-state index is 0.139. The molecule has 1 aliphatic heterocycles. The fourth-order valence-electron chi connectivity index (χ4n) is 4.11. The number of nitrogens with one attached hydrogen (secondary N) is 2. The number of piperidine rings is 1. The van der Waals surface area contributed by atoms with Gasteiger partial charge < -0.3 is 44.3 Å². The van der Waals surface area contributed by atoms with Crippen LogP contribution < -0.4 is 24.8 Å². The summed E-state index contributed by atoms with van der Waals surface area (Å²) in [6.45, 7) is 8.22. The topological polar surface area (TPSA) is 128 Å². The van der Waals surface area contributed by atoms with Crippen LogP contribution in [0.4, 0.5) is 4.79 Å². The third-order valence-corrected chi connectivity index (χ3v) is 6.30. The molecule has 1 aliphatic rings. The van der Waals surface area contributed by atoms with Crippen LogP contribution in [-0.4, -0.2) is 100.0 Å². The first kappa shape index (κ1) is 33.0. The van der Waals surface area contributed by atoms with Crippen molar-refractivity contribution in [2.75, 3.05) is 65.8 Å². The van der Waals surface area contributed by atoms with Gasteiger partial charge in [0, 0.05) is 52.2 Å². The third-order valence-electron chi connectivity index (χ3n) is 6.30. The van der Waals surface area contributed by atoms with Gasteiger partial charge >= 0.3 is 12.0 Å². The van der Waals surface area contributed by atoms with Crippen LogP contribution in [-0.2, 0) is 14.3 Å². The van der Waals surface area contributed by atoms with Gasteiger partial charge in [0.05, 0.1) is 6.61 Å². The second kappa shape index (κ2) is 18.8. The first-order valence-corrected chi connectivity index (χ1v) is 14.6. The molecule has 0 aliphatic carbocycles. The molecule has 1 unspecified atom stereocenters. The van der Waals surface area contributed by atoms with E-state index in [1.54, 1.807) is 29.2 Å². The maximum atomic E-state index is 12.5. The van der Waals surface area contributed by atoms with Crippen LogP contribution in [0.1, 0.15) is 26.7 Å². The Hall–Kier alpha value is -3.54. The van der Waals surface area contributed by atoms with E-state index in [-0.39, 0.29) is 25.3 Å². The van der Waals surface area contributed by atoms with Crippen molar-refractivity contribution < 1.29 is 38.4 Å². The van der Waals surface area contributed by atoms with Crippen LogP contribution in [0, 0.1) is 5.92 Å². The van der Waals surface area contributed by atoms with Crippen molar-refractivity contribution in [3.05, 3.63) is 54.6 Å². The van der Waals surface area contributed by atoms with Gasteiger partial charge in [-0.1, -0.05) is 32.0 Å². The SMILES string of the molecule is CC(C)COCCOc1ccc(OCC(O)CNCCNC(=O)N2CCC(OC(=O)COc3ccccc3)CC2)cc1. The number of urea groups is 1. The van der Waals surface area contributed by atoms with Gasteiger partial charge in [0.2, 0.25) is 0 Å². The summed E-state index contributed by atoms with van der Waals surface area (Å²) in [6.07, 6.45) is 0.238. The number of para-hydroxylation sites is 1. The van der Waals surface area contributed by atoms with Crippen molar-refractivity contribution >= 4 is 12.0 Å². The predicted molar refractivity (Wildman–Crippen MR) is 158 cm³/mol. The molecule has 1 fully saturated rings. The molecule has 1 heterocycles. The zero-order valence-electron chi connectivity index (χ0n) is 24.7. The highest BCUT2D eigenvalue weighted by molar-refractivity contribution is 5.74. The summed E-state index contributed by atoms with van der Waals surface area (Å²) in [5.74, 6) is 2.08. The highest BCUT2D eigenvalue weighted by Crippen LogP contribution is 2.18. The average Bonchev–Trinajstić information content (AvgIpc) is 3.00. The number of ether oxygens (including phenoxy) is 5. The molecule has 0 saturated carbocycles. The van der Waals surface area contributed by atoms with E-state index >= 15 is 0 Å². The van der Waals surface area contributed by atoms with E-state index in [1.165, 1.54) is 0 Å². The van der Waals surface area contributed by atoms with Crippen LogP contribution >= 0.6 is 0 Å². The normalized spacial score (nSPS) is 14.3. The first-order valence-electron chi connectivity index (χ1n) is 14.6. The highest BCUT2D eigenvalue weighted by Gasteiger charge is 2.25. The smallest absolute Gasteiger partial charge is 0.344 e. The molecule has 3 rings (SSSR count). The Morgan fingerprint density at radius 3 is 2.24 bits per heavy atom. The molecule has 0 spiro atoms. The van der Waals surface area contributed by atoms with E-state index in [4.69, 9.17) is 23.7 Å². The van der Waals surface area contributed by atoms with Gasteiger partial charge in [0.25, 0.3) is 0 Å². The van der Waals surface area contributed by atoms with Crippen LogP contribution in [0.2, 0.25) is 0 Å². The lowest BCUT2D eigenvalue weighted by molar-refractivity contribution is -0.153. The minimum Gasteiger partial charge on any atom is -0.491 e. The molecule has 232 valence electrons. The summed E-state index contributed by atoms with van der Waals surface area (Å²) in [5.41, 5.74) is 0. The zero-order chi connectivity index (χ0) is 30.0. The molecule has 1 saturated heterocycles. The number of aliphatic hydroxyl groups is 1. The van der Waals surface area contributed by atoms with Gasteiger partial charge in [-0.2, -0.15) is 0 Å². The lowest BCUT2D eigenvalue weighted by atomic mass is 10.1. The van der Waals surface area contributed by atoms with Crippen LogP contribution in [0.3, 0.4) is 0 Å². The second-order valence-electron chi connectivity index (χ2n) is 10.5. The number of esters is 1. The lowest BCUT2D eigenvalue weighted by Gasteiger charge is -2.31. The number of rotatable bonds is 18. The molecular weight excluding hydrogens is 542 g/mol. The second-order valence-corrected chi connectivity index (χ2v) is 10.5. The number of hydrogen-bond donors (Lipinski definition) is 3. The van der Waals surface area contributed by atoms with Crippen LogP contribution in [0.15, 0.2) is 54.6 Å². The predicted octanol–water partition coefficient (Wildman–Crippen LogP) is 2.86. The van der Waals surface area contributed by atoms with Crippen molar-refractivity contribution in [2.24, 2.45) is 5.92 Å². The number of carbonyl (C=O) groups is 2. The molecule has 42 heavy (non-hydrogen) atoms. The fourth-order valence-corrected chi connectivity index (χ4v) is 4.11. The number of benzene rings is 2. The summed E-state index contributed by atoms with van der Waals surface area (Å²) < 4.78 is 27.7. The number of carbonyl (C=O) groups excluding carboxylic acids is 2. The van der Waals surface area contributed by atoms with Crippen molar-refractivity contribution in [1.82, 2.24) is 15.5 Å². The van der Waals surface area contributed by atoms with Gasteiger partial charge in [0.15, 0.2) is 6.61 Å². The van der Waals surface area contributed by atoms with E-state index in [2.05, 4.69) is 24.5 Å². The first-order chi connectivity index (χ1) is 20.4. The van der Waals surface area contributed by atoms with E-state index in [0.717, 1.165) is 12.4 Å². The summed E-state index contributed by atoms with van der Waals surface area (Å²) in [7, 11) is 0. The lowest BCUT2D eigenvalue weighted by Crippen LogP contribution is -2.47. The Balaban J connectivity index is 1.18. The van der Waals surface area contributed by atoms with Crippen molar-refractivity contribution in [1.29, 1.82) is 0 Å². The van der Waals surface area contributed by atoms with Crippen molar-refractivity contribution in [3.63, 3.8) is 0 Å². The molecule has 11 nitrogen and oxygen atoms in total. The molecule has 1 atom stereocenters. The van der Waals surface area contributed by atoms with Gasteiger partial charge in [-0.15, -0.1) is 0 Å². The number of aliphatic hydroxyl groups excluding tert-OH is 1. The van der Waals surface area contributed by atoms with Gasteiger partial charge in [-0.05, 0) is 42.3 Å². The van der Waals surface area contributed by atoms with Crippen LogP contribution in [0.5, 0.6) is 17.2 Å².